The van der Waals surface area contributed by atoms with E-state index in [1.807, 2.05) is 32.9 Å². The molecular formula is C18H22N4O3. The number of carbonyl (C=O) groups is 1. The number of pyridine rings is 1. The summed E-state index contributed by atoms with van der Waals surface area (Å²) >= 11 is 0. The van der Waals surface area contributed by atoms with E-state index in [1.165, 1.54) is 6.33 Å². The van der Waals surface area contributed by atoms with Crippen LogP contribution in [-0.4, -0.2) is 51.7 Å². The van der Waals surface area contributed by atoms with Crippen LogP contribution >= 0.6 is 0 Å². The van der Waals surface area contributed by atoms with Crippen molar-refractivity contribution in [2.75, 3.05) is 20.2 Å². The molecule has 25 heavy (non-hydrogen) atoms. The molecule has 3 heterocycles. The Balaban J connectivity index is 1.82. The molecular weight excluding hydrogens is 320 g/mol. The minimum Gasteiger partial charge on any atom is -0.481 e. The fourth-order valence-electron chi connectivity index (χ4n) is 2.67. The Morgan fingerprint density at radius 1 is 1.24 bits per heavy atom. The van der Waals surface area contributed by atoms with Crippen molar-refractivity contribution in [2.45, 2.75) is 32.8 Å². The summed E-state index contributed by atoms with van der Waals surface area (Å²) in [7, 11) is 1.57. The molecule has 2 aromatic rings. The Morgan fingerprint density at radius 3 is 2.68 bits per heavy atom. The zero-order valence-corrected chi connectivity index (χ0v) is 14.9. The van der Waals surface area contributed by atoms with Gasteiger partial charge in [0.15, 0.2) is 5.65 Å². The largest absolute Gasteiger partial charge is 0.481 e. The van der Waals surface area contributed by atoms with Gasteiger partial charge < -0.3 is 14.4 Å². The Hall–Kier alpha value is -2.70. The van der Waals surface area contributed by atoms with Gasteiger partial charge in [-0.3, -0.25) is 0 Å². The number of hydrogen-bond acceptors (Lipinski definition) is 6. The second-order valence-corrected chi connectivity index (χ2v) is 6.85. The van der Waals surface area contributed by atoms with Crippen LogP contribution in [0.2, 0.25) is 0 Å². The molecule has 0 bridgehead atoms. The maximum Gasteiger partial charge on any atom is 0.410 e. The van der Waals surface area contributed by atoms with E-state index >= 15 is 0 Å². The van der Waals surface area contributed by atoms with Crippen molar-refractivity contribution in [1.82, 2.24) is 19.9 Å². The molecule has 0 saturated carbocycles. The highest BCUT2D eigenvalue weighted by Crippen LogP contribution is 2.27. The lowest BCUT2D eigenvalue weighted by Crippen LogP contribution is -2.39. The Morgan fingerprint density at radius 2 is 2.04 bits per heavy atom. The standard InChI is InChI=1S/C18H22N4O3/c1-18(2,3)25-17(23)22-9-7-12(8-10-22)15-13-5-6-14(24-4)21-16(13)20-11-19-15/h5-7,11H,8-10H2,1-4H3. The number of aromatic nitrogens is 3. The first-order valence-corrected chi connectivity index (χ1v) is 8.20. The van der Waals surface area contributed by atoms with Gasteiger partial charge in [-0.25, -0.2) is 14.8 Å². The molecule has 1 amide bonds. The van der Waals surface area contributed by atoms with Gasteiger partial charge in [0.1, 0.15) is 11.9 Å². The van der Waals surface area contributed by atoms with Crippen LogP contribution < -0.4 is 4.74 Å². The normalized spacial score (nSPS) is 15.0. The molecule has 0 atom stereocenters. The average Bonchev–Trinajstić information content (AvgIpc) is 2.59. The van der Waals surface area contributed by atoms with E-state index in [9.17, 15) is 4.79 Å². The molecule has 2 aromatic heterocycles. The fourth-order valence-corrected chi connectivity index (χ4v) is 2.67. The van der Waals surface area contributed by atoms with E-state index in [0.717, 1.165) is 16.7 Å². The Bertz CT molecular complexity index is 827. The van der Waals surface area contributed by atoms with Gasteiger partial charge in [-0.05, 0) is 38.8 Å². The lowest BCUT2D eigenvalue weighted by Gasteiger charge is -2.29. The summed E-state index contributed by atoms with van der Waals surface area (Å²) < 4.78 is 10.6. The van der Waals surface area contributed by atoms with Gasteiger partial charge in [0, 0.05) is 24.5 Å². The predicted molar refractivity (Wildman–Crippen MR) is 94.3 cm³/mol. The van der Waals surface area contributed by atoms with Crippen LogP contribution in [0.5, 0.6) is 5.88 Å². The molecule has 0 aliphatic carbocycles. The number of nitrogens with zero attached hydrogens (tertiary/aromatic N) is 4. The van der Waals surface area contributed by atoms with E-state index in [4.69, 9.17) is 9.47 Å². The third-order valence-corrected chi connectivity index (χ3v) is 3.85. The first-order valence-electron chi connectivity index (χ1n) is 8.20. The summed E-state index contributed by atoms with van der Waals surface area (Å²) in [6.45, 7) is 6.69. The summed E-state index contributed by atoms with van der Waals surface area (Å²) in [6, 6.07) is 3.71. The third kappa shape index (κ3) is 3.87. The van der Waals surface area contributed by atoms with Crippen molar-refractivity contribution >= 4 is 22.7 Å². The molecule has 7 heteroatoms. The predicted octanol–water partition coefficient (Wildman–Crippen LogP) is 3.06. The molecule has 0 aromatic carbocycles. The number of methoxy groups -OCH3 is 1. The van der Waals surface area contributed by atoms with Gasteiger partial charge in [0.2, 0.25) is 5.88 Å². The van der Waals surface area contributed by atoms with Crippen molar-refractivity contribution in [3.63, 3.8) is 0 Å². The van der Waals surface area contributed by atoms with Crippen LogP contribution in [0, 0.1) is 0 Å². The van der Waals surface area contributed by atoms with Crippen molar-refractivity contribution in [1.29, 1.82) is 0 Å². The molecule has 1 aliphatic rings. The summed E-state index contributed by atoms with van der Waals surface area (Å²) in [5.41, 5.74) is 2.04. The second-order valence-electron chi connectivity index (χ2n) is 6.85. The minimum atomic E-state index is -0.491. The van der Waals surface area contributed by atoms with Gasteiger partial charge in [-0.1, -0.05) is 6.08 Å². The first kappa shape index (κ1) is 17.1. The van der Waals surface area contributed by atoms with Crippen LogP contribution in [0.25, 0.3) is 16.6 Å². The Labute approximate surface area is 146 Å². The summed E-state index contributed by atoms with van der Waals surface area (Å²) in [5.74, 6) is 0.519. The highest BCUT2D eigenvalue weighted by Gasteiger charge is 2.24. The minimum absolute atomic E-state index is 0.290. The van der Waals surface area contributed by atoms with Crippen molar-refractivity contribution in [2.24, 2.45) is 0 Å². The molecule has 0 radical (unpaired) electrons. The van der Waals surface area contributed by atoms with Crippen LogP contribution in [-0.2, 0) is 4.74 Å². The van der Waals surface area contributed by atoms with Gasteiger partial charge in [0.25, 0.3) is 0 Å². The molecule has 0 fully saturated rings. The zero-order chi connectivity index (χ0) is 18.0. The molecule has 3 rings (SSSR count). The first-order chi connectivity index (χ1) is 11.9. The van der Waals surface area contributed by atoms with E-state index in [1.54, 1.807) is 18.1 Å². The maximum atomic E-state index is 12.2. The SMILES string of the molecule is COc1ccc2c(C3=CCN(C(=O)OC(C)(C)C)CC3)ncnc2n1. The van der Waals surface area contributed by atoms with Gasteiger partial charge in [0.05, 0.1) is 12.8 Å². The second kappa shape index (κ2) is 6.66. The number of rotatable bonds is 2. The molecule has 0 saturated heterocycles. The van der Waals surface area contributed by atoms with E-state index in [-0.39, 0.29) is 6.09 Å². The number of hydrogen-bond donors (Lipinski definition) is 0. The Kier molecular flexibility index (Phi) is 4.57. The van der Waals surface area contributed by atoms with Gasteiger partial charge >= 0.3 is 6.09 Å². The highest BCUT2D eigenvalue weighted by molar-refractivity contribution is 5.88. The molecule has 0 unspecified atom stereocenters. The lowest BCUT2D eigenvalue weighted by atomic mass is 10.0. The smallest absolute Gasteiger partial charge is 0.410 e. The summed E-state index contributed by atoms with van der Waals surface area (Å²) in [5, 5.41) is 0.875. The number of carbonyl (C=O) groups excluding carboxylic acids is 1. The maximum absolute atomic E-state index is 12.2. The topological polar surface area (TPSA) is 77.4 Å². The number of fused-ring (bicyclic) bond motifs is 1. The van der Waals surface area contributed by atoms with Crippen LogP contribution in [0.1, 0.15) is 32.9 Å². The van der Waals surface area contributed by atoms with Crippen molar-refractivity contribution in [3.05, 3.63) is 30.2 Å². The van der Waals surface area contributed by atoms with Crippen LogP contribution in [0.15, 0.2) is 24.5 Å². The summed E-state index contributed by atoms with van der Waals surface area (Å²) in [6.07, 6.45) is 3.93. The van der Waals surface area contributed by atoms with Crippen molar-refractivity contribution < 1.29 is 14.3 Å². The highest BCUT2D eigenvalue weighted by atomic mass is 16.6. The van der Waals surface area contributed by atoms with E-state index in [0.29, 0.717) is 31.0 Å². The quantitative estimate of drug-likeness (QED) is 0.835. The molecule has 0 N–H and O–H groups in total. The van der Waals surface area contributed by atoms with Gasteiger partial charge in [-0.2, -0.15) is 4.98 Å². The van der Waals surface area contributed by atoms with Crippen LogP contribution in [0.3, 0.4) is 0 Å². The molecule has 7 nitrogen and oxygen atoms in total. The number of ether oxygens (including phenoxy) is 2. The van der Waals surface area contributed by atoms with Gasteiger partial charge in [-0.15, -0.1) is 0 Å². The van der Waals surface area contributed by atoms with Crippen LogP contribution in [0.4, 0.5) is 4.79 Å². The van der Waals surface area contributed by atoms with Crippen molar-refractivity contribution in [3.8, 4) is 5.88 Å². The fraction of sp³-hybridized carbons (Fsp3) is 0.444. The molecule has 1 aliphatic heterocycles. The summed E-state index contributed by atoms with van der Waals surface area (Å²) in [4.78, 5) is 26.8. The average molecular weight is 342 g/mol. The lowest BCUT2D eigenvalue weighted by molar-refractivity contribution is 0.0270. The third-order valence-electron chi connectivity index (χ3n) is 3.85. The monoisotopic (exact) mass is 342 g/mol. The molecule has 0 spiro atoms. The van der Waals surface area contributed by atoms with E-state index < -0.39 is 5.60 Å². The molecule has 132 valence electrons. The zero-order valence-electron chi connectivity index (χ0n) is 14.9. The van der Waals surface area contributed by atoms with E-state index in [2.05, 4.69) is 15.0 Å². The number of amides is 1.